The maximum Gasteiger partial charge on any atom is 0.315 e. The van der Waals surface area contributed by atoms with Gasteiger partial charge in [-0.2, -0.15) is 0 Å². The third-order valence-electron chi connectivity index (χ3n) is 2.82. The van der Waals surface area contributed by atoms with E-state index in [0.717, 1.165) is 5.56 Å². The van der Waals surface area contributed by atoms with Crippen LogP contribution in [-0.2, 0) is 12.1 Å². The summed E-state index contributed by atoms with van der Waals surface area (Å²) in [6.07, 6.45) is 4.83. The Kier molecular flexibility index (Phi) is 4.37. The molecule has 0 aliphatic carbocycles. The van der Waals surface area contributed by atoms with Crippen LogP contribution in [0.4, 0.5) is 4.79 Å². The van der Waals surface area contributed by atoms with Crippen LogP contribution in [0.5, 0.6) is 0 Å². The van der Waals surface area contributed by atoms with E-state index in [-0.39, 0.29) is 12.6 Å². The highest BCUT2D eigenvalue weighted by atomic mass is 16.4. The molecule has 106 valence electrons. The fourth-order valence-electron chi connectivity index (χ4n) is 1.67. The maximum atomic E-state index is 11.6. The molecule has 0 aliphatic rings. The molecule has 0 bridgehead atoms. The van der Waals surface area contributed by atoms with Gasteiger partial charge >= 0.3 is 6.03 Å². The molecule has 0 saturated heterocycles. The lowest BCUT2D eigenvalue weighted by molar-refractivity contribution is 0.0367. The van der Waals surface area contributed by atoms with Crippen LogP contribution >= 0.6 is 0 Å². The zero-order valence-electron chi connectivity index (χ0n) is 11.2. The van der Waals surface area contributed by atoms with Crippen molar-refractivity contribution < 1.29 is 14.3 Å². The Morgan fingerprint density at radius 1 is 1.40 bits per heavy atom. The molecule has 0 fully saturated rings. The second-order valence-corrected chi connectivity index (χ2v) is 4.65. The summed E-state index contributed by atoms with van der Waals surface area (Å²) in [5.74, 6) is 0.407. The molecule has 20 heavy (non-hydrogen) atoms. The normalized spacial score (nSPS) is 13.5. The van der Waals surface area contributed by atoms with Crippen molar-refractivity contribution in [3.8, 4) is 0 Å². The lowest BCUT2D eigenvalue weighted by Gasteiger charge is -2.21. The third-order valence-corrected chi connectivity index (χ3v) is 2.82. The highest BCUT2D eigenvalue weighted by molar-refractivity contribution is 5.73. The average molecular weight is 275 g/mol. The second kappa shape index (κ2) is 6.21. The van der Waals surface area contributed by atoms with Crippen molar-refractivity contribution in [2.24, 2.45) is 0 Å². The Hall–Kier alpha value is -2.34. The van der Waals surface area contributed by atoms with Crippen molar-refractivity contribution in [1.29, 1.82) is 0 Å². The molecule has 0 aliphatic heterocycles. The number of hydrogen-bond acceptors (Lipinski definition) is 4. The van der Waals surface area contributed by atoms with Crippen molar-refractivity contribution in [3.05, 3.63) is 54.2 Å². The molecule has 1 atom stereocenters. The van der Waals surface area contributed by atoms with Gasteiger partial charge in [0.05, 0.1) is 12.8 Å². The molecule has 0 saturated carbocycles. The van der Waals surface area contributed by atoms with Crippen LogP contribution in [0.25, 0.3) is 0 Å². The van der Waals surface area contributed by atoms with E-state index in [4.69, 9.17) is 4.42 Å². The van der Waals surface area contributed by atoms with Gasteiger partial charge in [0, 0.05) is 18.9 Å². The molecular weight excluding hydrogens is 258 g/mol. The van der Waals surface area contributed by atoms with Crippen molar-refractivity contribution >= 4 is 6.03 Å². The standard InChI is InChI=1S/C14H17N3O3/c1-14(19,12-5-3-7-20-12)10-17-13(18)16-9-11-4-2-6-15-8-11/h2-8,19H,9-10H2,1H3,(H2,16,17,18). The van der Waals surface area contributed by atoms with Gasteiger partial charge in [0.1, 0.15) is 11.4 Å². The Labute approximate surface area is 116 Å². The summed E-state index contributed by atoms with van der Waals surface area (Å²) in [5.41, 5.74) is -0.338. The smallest absolute Gasteiger partial charge is 0.315 e. The molecular formula is C14H17N3O3. The van der Waals surface area contributed by atoms with Crippen molar-refractivity contribution in [3.63, 3.8) is 0 Å². The van der Waals surface area contributed by atoms with E-state index in [1.807, 2.05) is 6.07 Å². The van der Waals surface area contributed by atoms with E-state index in [9.17, 15) is 9.90 Å². The first-order valence-corrected chi connectivity index (χ1v) is 6.25. The maximum absolute atomic E-state index is 11.6. The van der Waals surface area contributed by atoms with Gasteiger partial charge in [0.15, 0.2) is 0 Å². The molecule has 2 heterocycles. The Bertz CT molecular complexity index is 538. The Morgan fingerprint density at radius 3 is 2.90 bits per heavy atom. The molecule has 6 nitrogen and oxygen atoms in total. The quantitative estimate of drug-likeness (QED) is 0.769. The van der Waals surface area contributed by atoms with Crippen LogP contribution in [0.15, 0.2) is 47.3 Å². The molecule has 0 aromatic carbocycles. The zero-order chi connectivity index (χ0) is 14.4. The first kappa shape index (κ1) is 14.1. The van der Waals surface area contributed by atoms with Crippen molar-refractivity contribution in [2.75, 3.05) is 6.54 Å². The first-order valence-electron chi connectivity index (χ1n) is 6.25. The molecule has 2 aromatic heterocycles. The molecule has 3 N–H and O–H groups in total. The number of furan rings is 1. The fraction of sp³-hybridized carbons (Fsp3) is 0.286. The SMILES string of the molecule is CC(O)(CNC(=O)NCc1cccnc1)c1ccco1. The van der Waals surface area contributed by atoms with Gasteiger partial charge in [-0.15, -0.1) is 0 Å². The minimum Gasteiger partial charge on any atom is -0.466 e. The number of amides is 2. The second-order valence-electron chi connectivity index (χ2n) is 4.65. The van der Waals surface area contributed by atoms with Gasteiger partial charge in [-0.3, -0.25) is 4.98 Å². The number of carbonyl (C=O) groups excluding carboxylic acids is 1. The molecule has 2 aromatic rings. The highest BCUT2D eigenvalue weighted by Gasteiger charge is 2.26. The number of rotatable bonds is 5. The lowest BCUT2D eigenvalue weighted by Crippen LogP contribution is -2.43. The Balaban J connectivity index is 1.78. The number of hydrogen-bond donors (Lipinski definition) is 3. The number of pyridine rings is 1. The van der Waals surface area contributed by atoms with E-state index in [2.05, 4.69) is 15.6 Å². The van der Waals surface area contributed by atoms with Gasteiger partial charge in [-0.1, -0.05) is 6.07 Å². The molecule has 0 radical (unpaired) electrons. The summed E-state index contributed by atoms with van der Waals surface area (Å²) in [4.78, 5) is 15.6. The summed E-state index contributed by atoms with van der Waals surface area (Å²) >= 11 is 0. The third kappa shape index (κ3) is 3.83. The van der Waals surface area contributed by atoms with E-state index < -0.39 is 5.60 Å². The predicted molar refractivity (Wildman–Crippen MR) is 72.8 cm³/mol. The zero-order valence-corrected chi connectivity index (χ0v) is 11.2. The summed E-state index contributed by atoms with van der Waals surface area (Å²) in [6, 6.07) is 6.66. The van der Waals surface area contributed by atoms with Gasteiger partial charge < -0.3 is 20.2 Å². The van der Waals surface area contributed by atoms with Gasteiger partial charge in [-0.05, 0) is 30.7 Å². The Morgan fingerprint density at radius 2 is 2.25 bits per heavy atom. The van der Waals surface area contributed by atoms with E-state index in [1.165, 1.54) is 6.26 Å². The molecule has 0 spiro atoms. The molecule has 2 amide bonds. The van der Waals surface area contributed by atoms with Crippen molar-refractivity contribution in [2.45, 2.75) is 19.1 Å². The number of nitrogens with one attached hydrogen (secondary N) is 2. The van der Waals surface area contributed by atoms with E-state index in [0.29, 0.717) is 12.3 Å². The van der Waals surface area contributed by atoms with Gasteiger partial charge in [-0.25, -0.2) is 4.79 Å². The lowest BCUT2D eigenvalue weighted by atomic mass is 10.0. The van der Waals surface area contributed by atoms with Gasteiger partial charge in [0.25, 0.3) is 0 Å². The number of aliphatic hydroxyl groups is 1. The number of carbonyl (C=O) groups is 1. The largest absolute Gasteiger partial charge is 0.466 e. The monoisotopic (exact) mass is 275 g/mol. The minimum atomic E-state index is -1.24. The van der Waals surface area contributed by atoms with Crippen LogP contribution in [0.2, 0.25) is 0 Å². The predicted octanol–water partition coefficient (Wildman–Crippen LogP) is 1.38. The summed E-state index contributed by atoms with van der Waals surface area (Å²) in [7, 11) is 0. The first-order chi connectivity index (χ1) is 9.58. The minimum absolute atomic E-state index is 0.0549. The van der Waals surface area contributed by atoms with E-state index in [1.54, 1.807) is 37.5 Å². The molecule has 1 unspecified atom stereocenters. The summed E-state index contributed by atoms with van der Waals surface area (Å²) in [6.45, 7) is 2.01. The average Bonchev–Trinajstić information content (AvgIpc) is 2.99. The number of urea groups is 1. The molecule has 2 rings (SSSR count). The van der Waals surface area contributed by atoms with Crippen molar-refractivity contribution in [1.82, 2.24) is 15.6 Å². The van der Waals surface area contributed by atoms with Crippen LogP contribution in [-0.4, -0.2) is 22.7 Å². The van der Waals surface area contributed by atoms with Crippen LogP contribution in [0.3, 0.4) is 0 Å². The van der Waals surface area contributed by atoms with Crippen LogP contribution < -0.4 is 10.6 Å². The summed E-state index contributed by atoms with van der Waals surface area (Å²) in [5, 5.41) is 15.4. The van der Waals surface area contributed by atoms with Gasteiger partial charge in [0.2, 0.25) is 0 Å². The number of aromatic nitrogens is 1. The topological polar surface area (TPSA) is 87.4 Å². The number of nitrogens with zero attached hydrogens (tertiary/aromatic N) is 1. The van der Waals surface area contributed by atoms with Crippen LogP contribution in [0.1, 0.15) is 18.2 Å². The fourth-order valence-corrected chi connectivity index (χ4v) is 1.67. The summed E-state index contributed by atoms with van der Waals surface area (Å²) < 4.78 is 5.13. The highest BCUT2D eigenvalue weighted by Crippen LogP contribution is 2.19. The van der Waals surface area contributed by atoms with Crippen LogP contribution in [0, 0.1) is 0 Å². The molecule has 6 heteroatoms. The van der Waals surface area contributed by atoms with E-state index >= 15 is 0 Å².